The summed E-state index contributed by atoms with van der Waals surface area (Å²) in [6.07, 6.45) is 2.81. The van der Waals surface area contributed by atoms with E-state index in [0.29, 0.717) is 10.7 Å². The average Bonchev–Trinajstić information content (AvgIpc) is 2.49. The van der Waals surface area contributed by atoms with Gasteiger partial charge in [-0.25, -0.2) is 0 Å². The lowest BCUT2D eigenvalue weighted by Gasteiger charge is -1.99. The first-order valence-corrected chi connectivity index (χ1v) is 4.72. The van der Waals surface area contributed by atoms with Crippen LogP contribution in [0.5, 0.6) is 0 Å². The van der Waals surface area contributed by atoms with E-state index < -0.39 is 0 Å². The number of carbonyl (C=O) groups excluding carboxylic acids is 1. The van der Waals surface area contributed by atoms with Crippen molar-refractivity contribution in [1.29, 1.82) is 0 Å². The number of carbonyl (C=O) groups is 1. The van der Waals surface area contributed by atoms with E-state index in [1.165, 1.54) is 0 Å². The van der Waals surface area contributed by atoms with Crippen LogP contribution in [0, 0.1) is 0 Å². The Kier molecular flexibility index (Phi) is 2.47. The van der Waals surface area contributed by atoms with E-state index in [2.05, 4.69) is 5.32 Å². The minimum Gasteiger partial charge on any atom is -0.506 e. The van der Waals surface area contributed by atoms with Crippen molar-refractivity contribution in [2.75, 3.05) is 0 Å². The van der Waals surface area contributed by atoms with Crippen molar-refractivity contribution in [2.24, 2.45) is 0 Å². The van der Waals surface area contributed by atoms with E-state index in [9.17, 15) is 9.90 Å². The summed E-state index contributed by atoms with van der Waals surface area (Å²) >= 11 is 5.73. The van der Waals surface area contributed by atoms with Crippen LogP contribution in [-0.2, 0) is 4.79 Å². The van der Waals surface area contributed by atoms with Crippen molar-refractivity contribution in [3.05, 3.63) is 52.4 Å². The van der Waals surface area contributed by atoms with Gasteiger partial charge in [-0.1, -0.05) is 23.7 Å². The van der Waals surface area contributed by atoms with Gasteiger partial charge >= 0.3 is 0 Å². The van der Waals surface area contributed by atoms with Crippen LogP contribution < -0.4 is 5.32 Å². The van der Waals surface area contributed by atoms with E-state index >= 15 is 0 Å². The zero-order valence-corrected chi connectivity index (χ0v) is 8.45. The number of benzene rings is 1. The summed E-state index contributed by atoms with van der Waals surface area (Å²) in [5.74, 6) is -0.359. The van der Waals surface area contributed by atoms with E-state index in [1.54, 1.807) is 30.3 Å². The Balaban J connectivity index is 2.28. The monoisotopic (exact) mass is 221 g/mol. The largest absolute Gasteiger partial charge is 0.506 e. The summed E-state index contributed by atoms with van der Waals surface area (Å²) in [5, 5.41) is 12.5. The molecule has 0 unspecified atom stereocenters. The van der Waals surface area contributed by atoms with E-state index in [0.717, 1.165) is 11.6 Å². The second-order valence-electron chi connectivity index (χ2n) is 3.13. The van der Waals surface area contributed by atoms with Gasteiger partial charge in [-0.05, 0) is 23.8 Å². The molecule has 1 heterocycles. The second kappa shape index (κ2) is 3.79. The summed E-state index contributed by atoms with van der Waals surface area (Å²) in [5.41, 5.74) is 1.26. The first-order chi connectivity index (χ1) is 7.15. The maximum absolute atomic E-state index is 10.9. The fourth-order valence-electron chi connectivity index (χ4n) is 1.27. The van der Waals surface area contributed by atoms with Gasteiger partial charge in [0.1, 0.15) is 5.76 Å². The summed E-state index contributed by atoms with van der Waals surface area (Å²) in [6, 6.07) is 7.08. The molecule has 3 nitrogen and oxygen atoms in total. The van der Waals surface area contributed by atoms with Gasteiger partial charge < -0.3 is 10.4 Å². The molecule has 4 heteroatoms. The van der Waals surface area contributed by atoms with Crippen LogP contribution in [0.3, 0.4) is 0 Å². The maximum Gasteiger partial charge on any atom is 0.252 e. The molecule has 0 fully saturated rings. The van der Waals surface area contributed by atoms with E-state index in [1.807, 2.05) is 0 Å². The molecule has 0 radical (unpaired) electrons. The summed E-state index contributed by atoms with van der Waals surface area (Å²) < 4.78 is 0. The van der Waals surface area contributed by atoms with E-state index in [4.69, 9.17) is 11.6 Å². The topological polar surface area (TPSA) is 49.3 Å². The third kappa shape index (κ3) is 2.19. The average molecular weight is 222 g/mol. The summed E-state index contributed by atoms with van der Waals surface area (Å²) in [6.45, 7) is 0. The van der Waals surface area contributed by atoms with Crippen LogP contribution in [-0.4, -0.2) is 11.0 Å². The lowest BCUT2D eigenvalue weighted by atomic mass is 10.2. The van der Waals surface area contributed by atoms with Gasteiger partial charge in [0.25, 0.3) is 5.91 Å². The number of amides is 1. The Morgan fingerprint density at radius 3 is 2.47 bits per heavy atom. The highest BCUT2D eigenvalue weighted by atomic mass is 35.5. The minimum absolute atomic E-state index is 0.0463. The first kappa shape index (κ1) is 9.80. The molecule has 0 saturated heterocycles. The number of rotatable bonds is 1. The Morgan fingerprint density at radius 1 is 1.27 bits per heavy atom. The number of aliphatic hydroxyl groups excluding tert-OH is 1. The molecule has 0 spiro atoms. The van der Waals surface area contributed by atoms with Gasteiger partial charge in [0.2, 0.25) is 0 Å². The quantitative estimate of drug-likeness (QED) is 0.764. The Hall–Kier alpha value is -1.74. The molecule has 1 aliphatic heterocycles. The molecule has 0 atom stereocenters. The van der Waals surface area contributed by atoms with Crippen LogP contribution in [0.25, 0.3) is 6.08 Å². The lowest BCUT2D eigenvalue weighted by Crippen LogP contribution is -2.13. The van der Waals surface area contributed by atoms with Crippen molar-refractivity contribution >= 4 is 23.6 Å². The number of nitrogens with one attached hydrogen (secondary N) is 1. The Labute approximate surface area is 91.7 Å². The highest BCUT2D eigenvalue weighted by molar-refractivity contribution is 6.30. The van der Waals surface area contributed by atoms with Crippen molar-refractivity contribution in [1.82, 2.24) is 5.32 Å². The van der Waals surface area contributed by atoms with Crippen LogP contribution in [0.1, 0.15) is 5.56 Å². The van der Waals surface area contributed by atoms with Crippen molar-refractivity contribution in [3.63, 3.8) is 0 Å². The number of hydrogen-bond donors (Lipinski definition) is 2. The molecule has 1 amide bonds. The lowest BCUT2D eigenvalue weighted by molar-refractivity contribution is -0.115. The summed E-state index contributed by atoms with van der Waals surface area (Å²) in [7, 11) is 0. The number of aliphatic hydroxyl groups is 1. The van der Waals surface area contributed by atoms with Crippen molar-refractivity contribution < 1.29 is 9.90 Å². The minimum atomic E-state index is -0.312. The third-order valence-corrected chi connectivity index (χ3v) is 2.23. The fraction of sp³-hybridized carbons (Fsp3) is 0. The van der Waals surface area contributed by atoms with Crippen molar-refractivity contribution in [2.45, 2.75) is 0 Å². The van der Waals surface area contributed by atoms with Gasteiger partial charge in [0.15, 0.2) is 0 Å². The molecule has 2 rings (SSSR count). The predicted octanol–water partition coefficient (Wildman–Crippen LogP) is 2.25. The standard InChI is InChI=1S/C11H8ClNO2/c12-8-3-1-7(2-4-8)5-9-10(14)6-11(15)13-9/h1-6,14H,(H,13,15)/b9-5-. The molecule has 15 heavy (non-hydrogen) atoms. The number of halogens is 1. The third-order valence-electron chi connectivity index (χ3n) is 1.98. The molecule has 0 bridgehead atoms. The van der Waals surface area contributed by atoms with Crippen LogP contribution in [0.15, 0.2) is 41.8 Å². The summed E-state index contributed by atoms with van der Waals surface area (Å²) in [4.78, 5) is 10.9. The van der Waals surface area contributed by atoms with E-state index in [-0.39, 0.29) is 11.7 Å². The SMILES string of the molecule is O=C1C=C(O)/C(=C/c2ccc(Cl)cc2)N1. The molecule has 0 aliphatic carbocycles. The predicted molar refractivity (Wildman–Crippen MR) is 58.3 cm³/mol. The molecule has 76 valence electrons. The van der Waals surface area contributed by atoms with Gasteiger partial charge in [-0.3, -0.25) is 4.79 Å². The normalized spacial score (nSPS) is 17.8. The van der Waals surface area contributed by atoms with Gasteiger partial charge in [0, 0.05) is 11.1 Å². The van der Waals surface area contributed by atoms with Gasteiger partial charge in [-0.15, -0.1) is 0 Å². The fourth-order valence-corrected chi connectivity index (χ4v) is 1.40. The molecular weight excluding hydrogens is 214 g/mol. The zero-order valence-electron chi connectivity index (χ0n) is 7.70. The molecule has 1 aliphatic rings. The maximum atomic E-state index is 10.9. The molecule has 2 N–H and O–H groups in total. The molecule has 0 aromatic heterocycles. The zero-order chi connectivity index (χ0) is 10.8. The molecule has 1 aromatic rings. The Morgan fingerprint density at radius 2 is 1.93 bits per heavy atom. The first-order valence-electron chi connectivity index (χ1n) is 4.34. The smallest absolute Gasteiger partial charge is 0.252 e. The van der Waals surface area contributed by atoms with Crippen LogP contribution >= 0.6 is 11.6 Å². The molecule has 1 aromatic carbocycles. The van der Waals surface area contributed by atoms with Crippen LogP contribution in [0.4, 0.5) is 0 Å². The van der Waals surface area contributed by atoms with Gasteiger partial charge in [0.05, 0.1) is 5.70 Å². The molecule has 0 saturated carbocycles. The highest BCUT2D eigenvalue weighted by Gasteiger charge is 2.15. The molecular formula is C11H8ClNO2. The highest BCUT2D eigenvalue weighted by Crippen LogP contribution is 2.16. The second-order valence-corrected chi connectivity index (χ2v) is 3.56. The Bertz CT molecular complexity index is 460. The number of hydrogen-bond acceptors (Lipinski definition) is 2. The van der Waals surface area contributed by atoms with Gasteiger partial charge in [-0.2, -0.15) is 0 Å². The van der Waals surface area contributed by atoms with Crippen molar-refractivity contribution in [3.8, 4) is 0 Å². The van der Waals surface area contributed by atoms with Crippen LogP contribution in [0.2, 0.25) is 5.02 Å².